The zero-order chi connectivity index (χ0) is 17.6. The summed E-state index contributed by atoms with van der Waals surface area (Å²) < 4.78 is 13.3. The highest BCUT2D eigenvalue weighted by molar-refractivity contribution is 5.94. The van der Waals surface area contributed by atoms with Crippen molar-refractivity contribution in [2.24, 2.45) is 0 Å². The summed E-state index contributed by atoms with van der Waals surface area (Å²) in [5.74, 6) is -0.416. The first-order chi connectivity index (χ1) is 12.1. The minimum Gasteiger partial charge on any atom is -0.341 e. The van der Waals surface area contributed by atoms with Crippen LogP contribution in [0.5, 0.6) is 0 Å². The van der Waals surface area contributed by atoms with E-state index in [1.54, 1.807) is 46.5 Å². The zero-order valence-corrected chi connectivity index (χ0v) is 13.9. The van der Waals surface area contributed by atoms with Crippen LogP contribution >= 0.6 is 0 Å². The van der Waals surface area contributed by atoms with Crippen LogP contribution < -0.4 is 0 Å². The predicted octanol–water partition coefficient (Wildman–Crippen LogP) is 2.14. The Bertz CT molecular complexity index is 751. The number of aromatic nitrogens is 1. The van der Waals surface area contributed by atoms with E-state index in [1.165, 1.54) is 12.1 Å². The third kappa shape index (κ3) is 4.41. The molecule has 130 valence electrons. The topological polar surface area (TPSA) is 53.5 Å². The van der Waals surface area contributed by atoms with E-state index in [0.717, 1.165) is 6.42 Å². The number of amides is 2. The maximum Gasteiger partial charge on any atom is 0.254 e. The van der Waals surface area contributed by atoms with Gasteiger partial charge in [-0.15, -0.1) is 0 Å². The predicted molar refractivity (Wildman–Crippen MR) is 91.4 cm³/mol. The van der Waals surface area contributed by atoms with Gasteiger partial charge in [-0.25, -0.2) is 4.39 Å². The van der Waals surface area contributed by atoms with Gasteiger partial charge in [-0.2, -0.15) is 0 Å². The molecular formula is C19H20FN3O2. The van der Waals surface area contributed by atoms with Crippen molar-refractivity contribution in [1.82, 2.24) is 14.8 Å². The average Bonchev–Trinajstić information content (AvgIpc) is 2.88. The molecule has 0 N–H and O–H groups in total. The first-order valence-electron chi connectivity index (χ1n) is 8.35. The highest BCUT2D eigenvalue weighted by atomic mass is 19.1. The molecule has 2 heterocycles. The van der Waals surface area contributed by atoms with Gasteiger partial charge in [-0.1, -0.05) is 12.1 Å². The van der Waals surface area contributed by atoms with E-state index in [4.69, 9.17) is 0 Å². The Balaban J connectivity index is 1.59. The number of carbonyl (C=O) groups excluding carboxylic acids is 2. The molecule has 0 bridgehead atoms. The fourth-order valence-electron chi connectivity index (χ4n) is 2.98. The third-order valence-corrected chi connectivity index (χ3v) is 4.31. The summed E-state index contributed by atoms with van der Waals surface area (Å²) >= 11 is 0. The number of halogens is 1. The minimum atomic E-state index is -0.338. The van der Waals surface area contributed by atoms with E-state index in [2.05, 4.69) is 4.98 Å². The molecule has 25 heavy (non-hydrogen) atoms. The molecule has 1 saturated heterocycles. The van der Waals surface area contributed by atoms with Gasteiger partial charge in [-0.3, -0.25) is 14.6 Å². The molecule has 0 unspecified atom stereocenters. The molecule has 2 aromatic rings. The molecule has 0 aliphatic carbocycles. The van der Waals surface area contributed by atoms with Crippen LogP contribution in [0.1, 0.15) is 22.3 Å². The van der Waals surface area contributed by atoms with Crippen molar-refractivity contribution >= 4 is 11.8 Å². The van der Waals surface area contributed by atoms with Crippen molar-refractivity contribution in [3.63, 3.8) is 0 Å². The van der Waals surface area contributed by atoms with Gasteiger partial charge >= 0.3 is 0 Å². The fraction of sp³-hybridized carbons (Fsp3) is 0.316. The summed E-state index contributed by atoms with van der Waals surface area (Å²) in [5.41, 5.74) is 1.27. The van der Waals surface area contributed by atoms with Crippen LogP contribution in [-0.2, 0) is 11.2 Å². The molecule has 1 aliphatic rings. The van der Waals surface area contributed by atoms with E-state index < -0.39 is 0 Å². The van der Waals surface area contributed by atoms with E-state index in [9.17, 15) is 14.0 Å². The first kappa shape index (κ1) is 17.1. The van der Waals surface area contributed by atoms with Crippen molar-refractivity contribution in [3.05, 3.63) is 65.7 Å². The lowest BCUT2D eigenvalue weighted by molar-refractivity contribution is -0.130. The van der Waals surface area contributed by atoms with Crippen LogP contribution in [0.4, 0.5) is 4.39 Å². The maximum atomic E-state index is 13.3. The van der Waals surface area contributed by atoms with Gasteiger partial charge in [0.15, 0.2) is 0 Å². The molecule has 1 aromatic carbocycles. The minimum absolute atomic E-state index is 0.0381. The lowest BCUT2D eigenvalue weighted by atomic mass is 10.1. The van der Waals surface area contributed by atoms with Crippen molar-refractivity contribution in [1.29, 1.82) is 0 Å². The van der Waals surface area contributed by atoms with Gasteiger partial charge in [0, 0.05) is 44.1 Å². The molecule has 0 saturated carbocycles. The molecule has 1 fully saturated rings. The maximum absolute atomic E-state index is 13.3. The number of nitrogens with zero attached hydrogens (tertiary/aromatic N) is 3. The van der Waals surface area contributed by atoms with Gasteiger partial charge in [0.25, 0.3) is 5.91 Å². The van der Waals surface area contributed by atoms with E-state index in [1.807, 2.05) is 0 Å². The average molecular weight is 341 g/mol. The molecule has 0 atom stereocenters. The highest BCUT2D eigenvalue weighted by Gasteiger charge is 2.22. The quantitative estimate of drug-likeness (QED) is 0.859. The molecule has 0 spiro atoms. The van der Waals surface area contributed by atoms with E-state index >= 15 is 0 Å². The highest BCUT2D eigenvalue weighted by Crippen LogP contribution is 2.11. The van der Waals surface area contributed by atoms with Crippen LogP contribution in [0.3, 0.4) is 0 Å². The second kappa shape index (κ2) is 7.88. The van der Waals surface area contributed by atoms with Crippen molar-refractivity contribution in [2.75, 3.05) is 26.2 Å². The Morgan fingerprint density at radius 3 is 2.48 bits per heavy atom. The molecule has 1 aliphatic heterocycles. The summed E-state index contributed by atoms with van der Waals surface area (Å²) in [7, 11) is 0. The van der Waals surface area contributed by atoms with Crippen LogP contribution in [0.2, 0.25) is 0 Å². The monoisotopic (exact) mass is 341 g/mol. The first-order valence-corrected chi connectivity index (χ1v) is 8.35. The fourth-order valence-corrected chi connectivity index (χ4v) is 2.98. The Morgan fingerprint density at radius 1 is 1.00 bits per heavy atom. The Labute approximate surface area is 146 Å². The summed E-state index contributed by atoms with van der Waals surface area (Å²) in [6.07, 6.45) is 4.10. The second-order valence-electron chi connectivity index (χ2n) is 6.07. The van der Waals surface area contributed by atoms with Crippen LogP contribution in [0, 0.1) is 5.82 Å². The van der Waals surface area contributed by atoms with Gasteiger partial charge < -0.3 is 9.80 Å². The summed E-state index contributed by atoms with van der Waals surface area (Å²) in [5, 5.41) is 0. The lowest BCUT2D eigenvalue weighted by Crippen LogP contribution is -2.38. The summed E-state index contributed by atoms with van der Waals surface area (Å²) in [6.45, 7) is 2.21. The zero-order valence-electron chi connectivity index (χ0n) is 13.9. The number of rotatable bonds is 3. The Morgan fingerprint density at radius 2 is 1.72 bits per heavy atom. The molecule has 3 rings (SSSR count). The molecule has 2 amide bonds. The van der Waals surface area contributed by atoms with Gasteiger partial charge in [0.2, 0.25) is 5.91 Å². The smallest absolute Gasteiger partial charge is 0.254 e. The molecule has 5 nitrogen and oxygen atoms in total. The largest absolute Gasteiger partial charge is 0.341 e. The van der Waals surface area contributed by atoms with Gasteiger partial charge in [-0.05, 0) is 36.2 Å². The normalized spacial score (nSPS) is 14.9. The molecule has 6 heteroatoms. The van der Waals surface area contributed by atoms with Gasteiger partial charge in [0.1, 0.15) is 5.82 Å². The lowest BCUT2D eigenvalue weighted by Gasteiger charge is -2.22. The second-order valence-corrected chi connectivity index (χ2v) is 6.07. The van der Waals surface area contributed by atoms with Crippen LogP contribution in [-0.4, -0.2) is 52.8 Å². The Hall–Kier alpha value is -2.76. The van der Waals surface area contributed by atoms with E-state index in [-0.39, 0.29) is 24.1 Å². The van der Waals surface area contributed by atoms with Crippen molar-refractivity contribution in [2.45, 2.75) is 12.8 Å². The van der Waals surface area contributed by atoms with Crippen LogP contribution in [0.25, 0.3) is 0 Å². The Kier molecular flexibility index (Phi) is 5.38. The molecular weight excluding hydrogens is 321 g/mol. The van der Waals surface area contributed by atoms with Crippen molar-refractivity contribution in [3.8, 4) is 0 Å². The SMILES string of the molecule is O=C(Cc1cccc(F)c1)N1CCCN(C(=O)c2ccncc2)CC1. The summed E-state index contributed by atoms with van der Waals surface area (Å²) in [4.78, 5) is 32.4. The van der Waals surface area contributed by atoms with Gasteiger partial charge in [0.05, 0.1) is 6.42 Å². The number of carbonyl (C=O) groups is 2. The van der Waals surface area contributed by atoms with Crippen LogP contribution in [0.15, 0.2) is 48.8 Å². The summed E-state index contributed by atoms with van der Waals surface area (Å²) in [6, 6.07) is 9.49. The number of benzene rings is 1. The standard InChI is InChI=1S/C19H20FN3O2/c20-17-4-1-3-15(13-17)14-18(24)22-9-2-10-23(12-11-22)19(25)16-5-7-21-8-6-16/h1,3-8,13H,2,9-12,14H2. The molecule has 0 radical (unpaired) electrons. The number of hydrogen-bond donors (Lipinski definition) is 0. The number of hydrogen-bond acceptors (Lipinski definition) is 3. The van der Waals surface area contributed by atoms with E-state index in [0.29, 0.717) is 37.3 Å². The number of pyridine rings is 1. The third-order valence-electron chi connectivity index (χ3n) is 4.31. The van der Waals surface area contributed by atoms with Crippen molar-refractivity contribution < 1.29 is 14.0 Å². The molecule has 1 aromatic heterocycles.